The van der Waals surface area contributed by atoms with E-state index in [0.29, 0.717) is 11.3 Å². The minimum atomic E-state index is 0.149. The van der Waals surface area contributed by atoms with E-state index < -0.39 is 0 Å². The molecule has 2 rings (SSSR count). The largest absolute Gasteiger partial charge is 0.324 e. The standard InChI is InChI=1S/C13H20N2/c1-13(2)7-3-6-11(13)12(14)10-5-4-8-15-9-10/h4-5,8-9,11-12H,3,6-7,14H2,1-2H3. The average Bonchev–Trinajstić information content (AvgIpc) is 2.58. The van der Waals surface area contributed by atoms with E-state index in [0.717, 1.165) is 0 Å². The third kappa shape index (κ3) is 2.05. The molecule has 0 aliphatic heterocycles. The van der Waals surface area contributed by atoms with Crippen molar-refractivity contribution in [3.63, 3.8) is 0 Å². The summed E-state index contributed by atoms with van der Waals surface area (Å²) in [5.41, 5.74) is 7.90. The summed E-state index contributed by atoms with van der Waals surface area (Å²) in [4.78, 5) is 4.14. The maximum Gasteiger partial charge on any atom is 0.0343 e. The molecular weight excluding hydrogens is 184 g/mol. The topological polar surface area (TPSA) is 38.9 Å². The fraction of sp³-hybridized carbons (Fsp3) is 0.615. The Morgan fingerprint density at radius 2 is 2.33 bits per heavy atom. The quantitative estimate of drug-likeness (QED) is 0.804. The lowest BCUT2D eigenvalue weighted by Gasteiger charge is -2.32. The van der Waals surface area contributed by atoms with E-state index in [-0.39, 0.29) is 6.04 Å². The number of rotatable bonds is 2. The number of aromatic nitrogens is 1. The third-order valence-electron chi connectivity index (χ3n) is 3.84. The van der Waals surface area contributed by atoms with Gasteiger partial charge in [-0.1, -0.05) is 26.3 Å². The zero-order valence-corrected chi connectivity index (χ0v) is 9.61. The van der Waals surface area contributed by atoms with Gasteiger partial charge in [-0.3, -0.25) is 4.98 Å². The van der Waals surface area contributed by atoms with Gasteiger partial charge in [0.15, 0.2) is 0 Å². The van der Waals surface area contributed by atoms with Crippen molar-refractivity contribution in [2.75, 3.05) is 0 Å². The Kier molecular flexibility index (Phi) is 2.79. The number of hydrogen-bond acceptors (Lipinski definition) is 2. The zero-order chi connectivity index (χ0) is 10.9. The van der Waals surface area contributed by atoms with Crippen LogP contribution in [0.5, 0.6) is 0 Å². The first-order valence-electron chi connectivity index (χ1n) is 5.77. The normalized spacial score (nSPS) is 26.5. The van der Waals surface area contributed by atoms with Crippen LogP contribution in [0.25, 0.3) is 0 Å². The predicted octanol–water partition coefficient (Wildman–Crippen LogP) is 2.91. The molecule has 1 aliphatic rings. The minimum absolute atomic E-state index is 0.149. The SMILES string of the molecule is CC1(C)CCCC1C(N)c1cccnc1. The van der Waals surface area contributed by atoms with Crippen LogP contribution >= 0.6 is 0 Å². The first-order chi connectivity index (χ1) is 7.11. The molecule has 1 heterocycles. The smallest absolute Gasteiger partial charge is 0.0343 e. The van der Waals surface area contributed by atoms with Gasteiger partial charge in [0.2, 0.25) is 0 Å². The molecule has 0 amide bonds. The van der Waals surface area contributed by atoms with Gasteiger partial charge in [0.1, 0.15) is 0 Å². The summed E-state index contributed by atoms with van der Waals surface area (Å²) in [7, 11) is 0. The van der Waals surface area contributed by atoms with Gasteiger partial charge >= 0.3 is 0 Å². The summed E-state index contributed by atoms with van der Waals surface area (Å²) in [5.74, 6) is 0.599. The molecule has 1 aliphatic carbocycles. The van der Waals surface area contributed by atoms with Crippen molar-refractivity contribution in [1.29, 1.82) is 0 Å². The monoisotopic (exact) mass is 204 g/mol. The summed E-state index contributed by atoms with van der Waals surface area (Å²) in [6.07, 6.45) is 7.56. The van der Waals surface area contributed by atoms with E-state index in [1.807, 2.05) is 12.3 Å². The van der Waals surface area contributed by atoms with E-state index in [9.17, 15) is 0 Å². The molecule has 2 heteroatoms. The molecule has 15 heavy (non-hydrogen) atoms. The predicted molar refractivity (Wildman–Crippen MR) is 62.3 cm³/mol. The first kappa shape index (κ1) is 10.6. The van der Waals surface area contributed by atoms with Gasteiger partial charge in [-0.2, -0.15) is 0 Å². The van der Waals surface area contributed by atoms with Gasteiger partial charge in [0, 0.05) is 18.4 Å². The van der Waals surface area contributed by atoms with E-state index in [4.69, 9.17) is 5.73 Å². The molecule has 1 aromatic rings. The highest BCUT2D eigenvalue weighted by Gasteiger charge is 2.38. The van der Waals surface area contributed by atoms with Crippen molar-refractivity contribution in [2.45, 2.75) is 39.2 Å². The number of nitrogens with zero attached hydrogens (tertiary/aromatic N) is 1. The second-order valence-electron chi connectivity index (χ2n) is 5.30. The Hall–Kier alpha value is -0.890. The molecule has 0 bridgehead atoms. The highest BCUT2D eigenvalue weighted by Crippen LogP contribution is 2.47. The number of pyridine rings is 1. The van der Waals surface area contributed by atoms with Crippen LogP contribution in [0.3, 0.4) is 0 Å². The molecule has 1 fully saturated rings. The van der Waals surface area contributed by atoms with Crippen molar-refractivity contribution < 1.29 is 0 Å². The Morgan fingerprint density at radius 3 is 2.87 bits per heavy atom. The van der Waals surface area contributed by atoms with Gasteiger partial charge in [-0.15, -0.1) is 0 Å². The molecule has 2 nitrogen and oxygen atoms in total. The molecule has 1 aromatic heterocycles. The van der Waals surface area contributed by atoms with Crippen LogP contribution in [0.2, 0.25) is 0 Å². The fourth-order valence-corrected chi connectivity index (χ4v) is 2.82. The Balaban J connectivity index is 2.18. The van der Waals surface area contributed by atoms with Crippen LogP contribution in [0.1, 0.15) is 44.7 Å². The molecule has 0 spiro atoms. The number of nitrogens with two attached hydrogens (primary N) is 1. The first-order valence-corrected chi connectivity index (χ1v) is 5.77. The van der Waals surface area contributed by atoms with Crippen LogP contribution in [0, 0.1) is 11.3 Å². The van der Waals surface area contributed by atoms with Gasteiger partial charge in [-0.05, 0) is 35.8 Å². The van der Waals surface area contributed by atoms with Gasteiger partial charge < -0.3 is 5.73 Å². The molecule has 2 N–H and O–H groups in total. The van der Waals surface area contributed by atoms with Crippen molar-refractivity contribution in [2.24, 2.45) is 17.1 Å². The fourth-order valence-electron chi connectivity index (χ4n) is 2.82. The Morgan fingerprint density at radius 1 is 1.53 bits per heavy atom. The van der Waals surface area contributed by atoms with Crippen LogP contribution in [0.4, 0.5) is 0 Å². The molecule has 82 valence electrons. The van der Waals surface area contributed by atoms with Crippen LogP contribution in [-0.4, -0.2) is 4.98 Å². The highest BCUT2D eigenvalue weighted by atomic mass is 14.7. The average molecular weight is 204 g/mol. The van der Waals surface area contributed by atoms with Crippen molar-refractivity contribution in [1.82, 2.24) is 4.98 Å². The van der Waals surface area contributed by atoms with Crippen molar-refractivity contribution >= 4 is 0 Å². The zero-order valence-electron chi connectivity index (χ0n) is 9.61. The van der Waals surface area contributed by atoms with Gasteiger partial charge in [-0.25, -0.2) is 0 Å². The maximum atomic E-state index is 6.34. The second kappa shape index (κ2) is 3.93. The van der Waals surface area contributed by atoms with Crippen LogP contribution in [0.15, 0.2) is 24.5 Å². The van der Waals surface area contributed by atoms with E-state index in [1.165, 1.54) is 24.8 Å². The molecule has 2 atom stereocenters. The summed E-state index contributed by atoms with van der Waals surface area (Å²) in [5, 5.41) is 0. The molecule has 0 aromatic carbocycles. The lowest BCUT2D eigenvalue weighted by atomic mass is 9.76. The lowest BCUT2D eigenvalue weighted by molar-refractivity contribution is 0.222. The van der Waals surface area contributed by atoms with E-state index >= 15 is 0 Å². The van der Waals surface area contributed by atoms with Crippen molar-refractivity contribution in [3.05, 3.63) is 30.1 Å². The van der Waals surface area contributed by atoms with E-state index in [1.54, 1.807) is 6.20 Å². The molecule has 0 radical (unpaired) electrons. The summed E-state index contributed by atoms with van der Waals surface area (Å²) < 4.78 is 0. The van der Waals surface area contributed by atoms with E-state index in [2.05, 4.69) is 24.9 Å². The van der Waals surface area contributed by atoms with Gasteiger partial charge in [0.05, 0.1) is 0 Å². The molecule has 2 unspecified atom stereocenters. The maximum absolute atomic E-state index is 6.34. The summed E-state index contributed by atoms with van der Waals surface area (Å²) >= 11 is 0. The Bertz CT molecular complexity index is 319. The Labute approximate surface area is 91.9 Å². The second-order valence-corrected chi connectivity index (χ2v) is 5.30. The summed E-state index contributed by atoms with van der Waals surface area (Å²) in [6.45, 7) is 4.67. The highest BCUT2D eigenvalue weighted by molar-refractivity contribution is 5.16. The van der Waals surface area contributed by atoms with Crippen LogP contribution in [-0.2, 0) is 0 Å². The lowest BCUT2D eigenvalue weighted by Crippen LogP contribution is -2.29. The number of hydrogen-bond donors (Lipinski definition) is 1. The minimum Gasteiger partial charge on any atom is -0.324 e. The molecular formula is C13H20N2. The summed E-state index contributed by atoms with van der Waals surface area (Å²) in [6, 6.07) is 4.21. The molecule has 1 saturated carbocycles. The van der Waals surface area contributed by atoms with Crippen molar-refractivity contribution in [3.8, 4) is 0 Å². The van der Waals surface area contributed by atoms with Crippen LogP contribution < -0.4 is 5.73 Å². The molecule has 0 saturated heterocycles. The third-order valence-corrected chi connectivity index (χ3v) is 3.84. The van der Waals surface area contributed by atoms with Gasteiger partial charge in [0.25, 0.3) is 0 Å².